The SMILES string of the molecule is Cl.Cn1c(N)nc2cc(Sc3cccnc3)cc(C#N)c21. The highest BCUT2D eigenvalue weighted by atomic mass is 35.5. The van der Waals surface area contributed by atoms with Gasteiger partial charge >= 0.3 is 0 Å². The van der Waals surface area contributed by atoms with Crippen LogP contribution < -0.4 is 5.73 Å². The molecule has 2 N–H and O–H groups in total. The van der Waals surface area contributed by atoms with Crippen molar-refractivity contribution in [2.75, 3.05) is 5.73 Å². The van der Waals surface area contributed by atoms with Crippen LogP contribution in [0.25, 0.3) is 11.0 Å². The number of halogens is 1. The van der Waals surface area contributed by atoms with E-state index in [-0.39, 0.29) is 12.4 Å². The van der Waals surface area contributed by atoms with Gasteiger partial charge in [-0.3, -0.25) is 4.98 Å². The van der Waals surface area contributed by atoms with Crippen molar-refractivity contribution in [1.82, 2.24) is 14.5 Å². The molecule has 7 heteroatoms. The van der Waals surface area contributed by atoms with Crippen molar-refractivity contribution < 1.29 is 0 Å². The first-order valence-corrected chi connectivity index (χ1v) is 6.74. The Kier molecular flexibility index (Phi) is 4.36. The molecule has 1 aromatic carbocycles. The number of nitriles is 1. The highest BCUT2D eigenvalue weighted by Gasteiger charge is 2.12. The topological polar surface area (TPSA) is 80.5 Å². The minimum absolute atomic E-state index is 0. The molecule has 3 aromatic rings. The first-order valence-electron chi connectivity index (χ1n) is 5.93. The summed E-state index contributed by atoms with van der Waals surface area (Å²) in [5.74, 6) is 0.403. The van der Waals surface area contributed by atoms with Gasteiger partial charge in [0.2, 0.25) is 5.95 Å². The zero-order valence-corrected chi connectivity index (χ0v) is 12.8. The fourth-order valence-electron chi connectivity index (χ4n) is 2.03. The van der Waals surface area contributed by atoms with E-state index in [1.807, 2.05) is 24.3 Å². The maximum atomic E-state index is 9.31. The van der Waals surface area contributed by atoms with Crippen LogP contribution in [0.4, 0.5) is 5.95 Å². The Morgan fingerprint density at radius 1 is 1.33 bits per heavy atom. The van der Waals surface area contributed by atoms with Crippen molar-refractivity contribution in [1.29, 1.82) is 5.26 Å². The van der Waals surface area contributed by atoms with Crippen molar-refractivity contribution >= 4 is 41.2 Å². The van der Waals surface area contributed by atoms with Crippen molar-refractivity contribution in [2.24, 2.45) is 7.05 Å². The third-order valence-electron chi connectivity index (χ3n) is 2.97. The second-order valence-corrected chi connectivity index (χ2v) is 5.42. The summed E-state index contributed by atoms with van der Waals surface area (Å²) in [5.41, 5.74) is 7.87. The lowest BCUT2D eigenvalue weighted by molar-refractivity contribution is 0.963. The smallest absolute Gasteiger partial charge is 0.200 e. The lowest BCUT2D eigenvalue weighted by atomic mass is 10.2. The molecular formula is C14H12ClN5S. The van der Waals surface area contributed by atoms with Crippen LogP contribution in [0.5, 0.6) is 0 Å². The standard InChI is InChI=1S/C14H11N5S.ClH/c1-19-13-9(7-15)5-11(6-12(13)18-14(19)16)20-10-3-2-4-17-8-10;/h2-6,8H,1H3,(H2,16,18);1H. The molecule has 0 aliphatic rings. The Morgan fingerprint density at radius 3 is 2.81 bits per heavy atom. The van der Waals surface area contributed by atoms with Crippen molar-refractivity contribution in [3.05, 3.63) is 42.2 Å². The van der Waals surface area contributed by atoms with Crippen LogP contribution in [0.1, 0.15) is 5.56 Å². The summed E-state index contributed by atoms with van der Waals surface area (Å²) in [5, 5.41) is 9.31. The van der Waals surface area contributed by atoms with E-state index in [1.54, 1.807) is 35.8 Å². The second-order valence-electron chi connectivity index (χ2n) is 4.27. The first-order chi connectivity index (χ1) is 9.69. The number of aryl methyl sites for hydroxylation is 1. The van der Waals surface area contributed by atoms with Gasteiger partial charge in [0.1, 0.15) is 6.07 Å². The van der Waals surface area contributed by atoms with E-state index >= 15 is 0 Å². The molecule has 0 fully saturated rings. The van der Waals surface area contributed by atoms with E-state index in [2.05, 4.69) is 16.0 Å². The zero-order valence-electron chi connectivity index (χ0n) is 11.1. The van der Waals surface area contributed by atoms with Gasteiger partial charge in [0, 0.05) is 29.2 Å². The Bertz CT molecular complexity index is 823. The Morgan fingerprint density at radius 2 is 2.14 bits per heavy atom. The fourth-order valence-corrected chi connectivity index (χ4v) is 2.91. The predicted molar refractivity (Wildman–Crippen MR) is 85.4 cm³/mol. The molecule has 2 aromatic heterocycles. The number of anilines is 1. The Labute approximate surface area is 132 Å². The highest BCUT2D eigenvalue weighted by Crippen LogP contribution is 2.31. The molecule has 0 saturated carbocycles. The van der Waals surface area contributed by atoms with Gasteiger partial charge in [-0.05, 0) is 24.3 Å². The highest BCUT2D eigenvalue weighted by molar-refractivity contribution is 7.99. The molecule has 106 valence electrons. The van der Waals surface area contributed by atoms with Crippen molar-refractivity contribution in [2.45, 2.75) is 9.79 Å². The normalized spacial score (nSPS) is 10.1. The van der Waals surface area contributed by atoms with Gasteiger partial charge in [0.15, 0.2) is 0 Å². The van der Waals surface area contributed by atoms with Gasteiger partial charge in [-0.1, -0.05) is 11.8 Å². The molecule has 3 rings (SSSR count). The van der Waals surface area contributed by atoms with E-state index in [9.17, 15) is 5.26 Å². The number of imidazole rings is 1. The van der Waals surface area contributed by atoms with Crippen LogP contribution in [0, 0.1) is 11.3 Å². The predicted octanol–water partition coefficient (Wildman–Crippen LogP) is 3.00. The molecular weight excluding hydrogens is 306 g/mol. The van der Waals surface area contributed by atoms with Crippen LogP contribution in [0.2, 0.25) is 0 Å². The van der Waals surface area contributed by atoms with Crippen LogP contribution in [0.3, 0.4) is 0 Å². The summed E-state index contributed by atoms with van der Waals surface area (Å²) < 4.78 is 1.73. The third-order valence-corrected chi connectivity index (χ3v) is 3.92. The van der Waals surface area contributed by atoms with Crippen LogP contribution in [-0.2, 0) is 7.05 Å². The lowest BCUT2D eigenvalue weighted by Gasteiger charge is -2.03. The van der Waals surface area contributed by atoms with Gasteiger partial charge in [0.25, 0.3) is 0 Å². The van der Waals surface area contributed by atoms with Crippen LogP contribution in [-0.4, -0.2) is 14.5 Å². The number of benzene rings is 1. The second kappa shape index (κ2) is 6.04. The summed E-state index contributed by atoms with van der Waals surface area (Å²) in [6.07, 6.45) is 3.51. The lowest BCUT2D eigenvalue weighted by Crippen LogP contribution is -1.97. The molecule has 0 aliphatic carbocycles. The average molecular weight is 318 g/mol. The molecule has 0 spiro atoms. The summed E-state index contributed by atoms with van der Waals surface area (Å²) in [7, 11) is 1.80. The van der Waals surface area contributed by atoms with Gasteiger partial charge in [-0.2, -0.15) is 5.26 Å². The number of hydrogen-bond donors (Lipinski definition) is 1. The molecule has 0 saturated heterocycles. The summed E-state index contributed by atoms with van der Waals surface area (Å²) in [4.78, 5) is 10.3. The Balaban J connectivity index is 0.00000161. The van der Waals surface area contributed by atoms with E-state index in [1.165, 1.54) is 0 Å². The molecule has 0 radical (unpaired) electrons. The number of nitrogens with zero attached hydrogens (tertiary/aromatic N) is 4. The van der Waals surface area contributed by atoms with Gasteiger partial charge in [0.05, 0.1) is 16.6 Å². The van der Waals surface area contributed by atoms with Gasteiger partial charge in [-0.15, -0.1) is 12.4 Å². The van der Waals surface area contributed by atoms with Crippen molar-refractivity contribution in [3.63, 3.8) is 0 Å². The zero-order chi connectivity index (χ0) is 14.1. The number of nitrogen functional groups attached to an aromatic ring is 1. The van der Waals surface area contributed by atoms with Gasteiger partial charge < -0.3 is 10.3 Å². The molecule has 2 heterocycles. The molecule has 0 aliphatic heterocycles. The van der Waals surface area contributed by atoms with Crippen LogP contribution >= 0.6 is 24.2 Å². The quantitative estimate of drug-likeness (QED) is 0.786. The molecule has 5 nitrogen and oxygen atoms in total. The van der Waals surface area contributed by atoms with E-state index in [0.29, 0.717) is 11.5 Å². The molecule has 0 bridgehead atoms. The number of nitrogens with two attached hydrogens (primary N) is 1. The molecule has 0 atom stereocenters. The van der Waals surface area contributed by atoms with Gasteiger partial charge in [-0.25, -0.2) is 4.98 Å². The molecule has 21 heavy (non-hydrogen) atoms. The maximum Gasteiger partial charge on any atom is 0.200 e. The van der Waals surface area contributed by atoms with E-state index in [0.717, 1.165) is 20.8 Å². The number of fused-ring (bicyclic) bond motifs is 1. The Hall–Kier alpha value is -2.23. The van der Waals surface area contributed by atoms with E-state index in [4.69, 9.17) is 5.73 Å². The summed E-state index contributed by atoms with van der Waals surface area (Å²) >= 11 is 1.54. The minimum Gasteiger partial charge on any atom is -0.369 e. The average Bonchev–Trinajstić information content (AvgIpc) is 2.74. The van der Waals surface area contributed by atoms with Crippen molar-refractivity contribution in [3.8, 4) is 6.07 Å². The summed E-state index contributed by atoms with van der Waals surface area (Å²) in [6.45, 7) is 0. The number of hydrogen-bond acceptors (Lipinski definition) is 5. The third kappa shape index (κ3) is 2.79. The molecule has 0 unspecified atom stereocenters. The minimum atomic E-state index is 0. The summed E-state index contributed by atoms with van der Waals surface area (Å²) in [6, 6.07) is 9.84. The van der Waals surface area contributed by atoms with E-state index < -0.39 is 0 Å². The largest absolute Gasteiger partial charge is 0.369 e. The molecule has 0 amide bonds. The number of pyridine rings is 1. The fraction of sp³-hybridized carbons (Fsp3) is 0.0714. The number of rotatable bonds is 2. The monoisotopic (exact) mass is 317 g/mol. The maximum absolute atomic E-state index is 9.31. The first kappa shape index (κ1) is 15.2. The number of aromatic nitrogens is 3. The van der Waals surface area contributed by atoms with Crippen LogP contribution in [0.15, 0.2) is 46.5 Å².